The van der Waals surface area contributed by atoms with E-state index in [0.717, 1.165) is 37.5 Å². The number of carbonyl (C=O) groups is 2. The first-order chi connectivity index (χ1) is 20.2. The summed E-state index contributed by atoms with van der Waals surface area (Å²) in [6, 6.07) is 7.67. The zero-order valence-electron chi connectivity index (χ0n) is 24.1. The number of alkyl halides is 6. The first-order valence-electron chi connectivity index (χ1n) is 14.1. The number of fused-ring (bicyclic) bond motifs is 5. The van der Waals surface area contributed by atoms with Crippen molar-refractivity contribution < 1.29 is 35.9 Å². The standard InChI is InChI=1S/C29H34F6N6O2/c1-4-40(5-2)15-14-39(3)19-10-11-21-20(17-19)25-37-22-16-18(28(30,31)32)9-12-23(22)41(25)24(26(42)38-21)8-6-7-13-36-27(43)29(33,34)35/h9-12,16-17,24H,4-8,13-15H2,1-3H3,(H,36,43)(H,38,42). The number of anilines is 2. The maximum Gasteiger partial charge on any atom is 0.471 e. The molecule has 0 bridgehead atoms. The van der Waals surface area contributed by atoms with E-state index in [1.165, 1.54) is 6.07 Å². The Hall–Kier alpha value is -3.81. The van der Waals surface area contributed by atoms with Crippen LogP contribution in [0.3, 0.4) is 0 Å². The molecule has 0 aliphatic carbocycles. The van der Waals surface area contributed by atoms with Gasteiger partial charge in [-0.25, -0.2) is 4.98 Å². The van der Waals surface area contributed by atoms with E-state index in [-0.39, 0.29) is 31.3 Å². The molecular weight excluding hydrogens is 578 g/mol. The minimum atomic E-state index is -4.99. The molecule has 0 radical (unpaired) electrons. The van der Waals surface area contributed by atoms with Crippen molar-refractivity contribution in [1.82, 2.24) is 19.8 Å². The number of nitrogens with zero attached hydrogens (tertiary/aromatic N) is 4. The summed E-state index contributed by atoms with van der Waals surface area (Å²) >= 11 is 0. The van der Waals surface area contributed by atoms with Crippen LogP contribution in [0, 0.1) is 0 Å². The Morgan fingerprint density at radius 2 is 1.74 bits per heavy atom. The minimum Gasteiger partial charge on any atom is -0.373 e. The summed E-state index contributed by atoms with van der Waals surface area (Å²) in [6.45, 7) is 7.26. The molecule has 1 aliphatic heterocycles. The van der Waals surface area contributed by atoms with Crippen molar-refractivity contribution >= 4 is 34.2 Å². The van der Waals surface area contributed by atoms with Crippen LogP contribution in [0.15, 0.2) is 36.4 Å². The summed E-state index contributed by atoms with van der Waals surface area (Å²) in [5.74, 6) is -2.17. The number of amides is 2. The number of benzene rings is 2. The number of rotatable bonds is 11. The van der Waals surface area contributed by atoms with Crippen molar-refractivity contribution in [3.63, 3.8) is 0 Å². The highest BCUT2D eigenvalue weighted by molar-refractivity contribution is 6.02. The van der Waals surface area contributed by atoms with Gasteiger partial charge in [-0.1, -0.05) is 13.8 Å². The van der Waals surface area contributed by atoms with E-state index in [0.29, 0.717) is 29.1 Å². The molecule has 0 saturated carbocycles. The Balaban J connectivity index is 1.69. The van der Waals surface area contributed by atoms with Gasteiger partial charge in [-0.15, -0.1) is 0 Å². The number of halogens is 6. The fraction of sp³-hybridized carbons (Fsp3) is 0.483. The van der Waals surface area contributed by atoms with Crippen LogP contribution in [0.5, 0.6) is 0 Å². The van der Waals surface area contributed by atoms with Gasteiger partial charge in [0.2, 0.25) is 5.91 Å². The second-order valence-electron chi connectivity index (χ2n) is 10.4. The van der Waals surface area contributed by atoms with Crippen LogP contribution in [0.2, 0.25) is 0 Å². The topological polar surface area (TPSA) is 82.5 Å². The highest BCUT2D eigenvalue weighted by Gasteiger charge is 2.38. The molecule has 0 spiro atoms. The lowest BCUT2D eigenvalue weighted by molar-refractivity contribution is -0.173. The van der Waals surface area contributed by atoms with Gasteiger partial charge in [-0.3, -0.25) is 9.59 Å². The van der Waals surface area contributed by atoms with Crippen LogP contribution in [0.25, 0.3) is 22.4 Å². The number of hydrogen-bond donors (Lipinski definition) is 2. The third-order valence-corrected chi connectivity index (χ3v) is 7.67. The molecule has 3 aromatic rings. The van der Waals surface area contributed by atoms with Crippen LogP contribution in [0.4, 0.5) is 37.7 Å². The van der Waals surface area contributed by atoms with Gasteiger partial charge in [0.15, 0.2) is 0 Å². The zero-order valence-corrected chi connectivity index (χ0v) is 24.1. The van der Waals surface area contributed by atoms with E-state index in [1.54, 1.807) is 16.0 Å². The number of imidazole rings is 1. The average molecular weight is 613 g/mol. The molecule has 2 heterocycles. The number of aromatic nitrogens is 2. The molecule has 0 saturated heterocycles. The van der Waals surface area contributed by atoms with Crippen molar-refractivity contribution in [2.45, 2.75) is 51.5 Å². The molecular formula is C29H34F6N6O2. The number of unbranched alkanes of at least 4 members (excludes halogenated alkanes) is 1. The SMILES string of the molecule is CCN(CC)CCN(C)c1ccc2c(c1)-c1nc3cc(C(F)(F)F)ccc3n1C(CCCCNC(=O)C(F)(F)F)C(=O)N2. The maximum absolute atomic E-state index is 13.5. The van der Waals surface area contributed by atoms with E-state index in [1.807, 2.05) is 24.1 Å². The molecule has 2 N–H and O–H groups in total. The minimum absolute atomic E-state index is 0.0632. The highest BCUT2D eigenvalue weighted by Crippen LogP contribution is 2.41. The molecule has 14 heteroatoms. The zero-order chi connectivity index (χ0) is 31.5. The second kappa shape index (κ2) is 12.8. The van der Waals surface area contributed by atoms with E-state index in [2.05, 4.69) is 29.0 Å². The monoisotopic (exact) mass is 612 g/mol. The van der Waals surface area contributed by atoms with Crippen molar-refractivity contribution in [1.29, 1.82) is 0 Å². The van der Waals surface area contributed by atoms with Gasteiger partial charge in [0.05, 0.1) is 22.3 Å². The van der Waals surface area contributed by atoms with Crippen molar-refractivity contribution in [2.24, 2.45) is 0 Å². The molecule has 8 nitrogen and oxygen atoms in total. The summed E-state index contributed by atoms with van der Waals surface area (Å²) in [7, 11) is 1.93. The van der Waals surface area contributed by atoms with Crippen molar-refractivity contribution in [3.8, 4) is 11.4 Å². The molecule has 2 amide bonds. The van der Waals surface area contributed by atoms with E-state index in [9.17, 15) is 35.9 Å². The number of likely N-dealkylation sites (N-methyl/N-ethyl adjacent to an activating group) is 2. The molecule has 1 aliphatic rings. The molecule has 1 atom stereocenters. The van der Waals surface area contributed by atoms with Gasteiger partial charge >= 0.3 is 18.3 Å². The lowest BCUT2D eigenvalue weighted by atomic mass is 10.1. The van der Waals surface area contributed by atoms with Crippen molar-refractivity contribution in [2.75, 3.05) is 50.0 Å². The Morgan fingerprint density at radius 3 is 2.40 bits per heavy atom. The predicted octanol–water partition coefficient (Wildman–Crippen LogP) is 5.84. The van der Waals surface area contributed by atoms with E-state index in [4.69, 9.17) is 0 Å². The van der Waals surface area contributed by atoms with Gasteiger partial charge in [0, 0.05) is 37.9 Å². The van der Waals surface area contributed by atoms with Gasteiger partial charge in [-0.2, -0.15) is 26.3 Å². The second-order valence-corrected chi connectivity index (χ2v) is 10.4. The molecule has 2 aromatic carbocycles. The smallest absolute Gasteiger partial charge is 0.373 e. The molecule has 4 rings (SSSR count). The first kappa shape index (κ1) is 32.1. The third-order valence-electron chi connectivity index (χ3n) is 7.67. The van der Waals surface area contributed by atoms with Crippen LogP contribution in [-0.4, -0.2) is 72.2 Å². The first-order valence-corrected chi connectivity index (χ1v) is 14.1. The fourth-order valence-corrected chi connectivity index (χ4v) is 5.16. The summed E-state index contributed by atoms with van der Waals surface area (Å²) in [6.07, 6.45) is -9.03. The summed E-state index contributed by atoms with van der Waals surface area (Å²) in [5.41, 5.74) is 1.31. The Bertz CT molecular complexity index is 1460. The third kappa shape index (κ3) is 7.23. The molecule has 234 valence electrons. The van der Waals surface area contributed by atoms with Gasteiger partial charge in [0.1, 0.15) is 11.9 Å². The maximum atomic E-state index is 13.5. The average Bonchev–Trinajstić information content (AvgIpc) is 3.27. The molecule has 0 fully saturated rings. The normalized spacial score (nSPS) is 15.2. The lowest BCUT2D eigenvalue weighted by Gasteiger charge is -2.25. The summed E-state index contributed by atoms with van der Waals surface area (Å²) in [5, 5.41) is 4.70. The quantitative estimate of drug-likeness (QED) is 0.210. The lowest BCUT2D eigenvalue weighted by Crippen LogP contribution is -2.37. The van der Waals surface area contributed by atoms with Crippen LogP contribution >= 0.6 is 0 Å². The van der Waals surface area contributed by atoms with Gasteiger partial charge in [-0.05, 0) is 68.8 Å². The fourth-order valence-electron chi connectivity index (χ4n) is 5.16. The number of carbonyl (C=O) groups excluding carboxylic acids is 2. The summed E-state index contributed by atoms with van der Waals surface area (Å²) < 4.78 is 79.7. The number of nitrogens with one attached hydrogen (secondary N) is 2. The van der Waals surface area contributed by atoms with E-state index >= 15 is 0 Å². The van der Waals surface area contributed by atoms with Gasteiger partial charge in [0.25, 0.3) is 0 Å². The Kier molecular flexibility index (Phi) is 9.57. The predicted molar refractivity (Wildman–Crippen MR) is 152 cm³/mol. The number of hydrogen-bond acceptors (Lipinski definition) is 5. The molecule has 43 heavy (non-hydrogen) atoms. The van der Waals surface area contributed by atoms with E-state index < -0.39 is 35.8 Å². The Morgan fingerprint density at radius 1 is 1.02 bits per heavy atom. The molecule has 1 unspecified atom stereocenters. The van der Waals surface area contributed by atoms with Crippen LogP contribution in [0.1, 0.15) is 44.7 Å². The largest absolute Gasteiger partial charge is 0.471 e. The molecule has 1 aromatic heterocycles. The highest BCUT2D eigenvalue weighted by atomic mass is 19.4. The van der Waals surface area contributed by atoms with Crippen LogP contribution < -0.4 is 15.5 Å². The summed E-state index contributed by atoms with van der Waals surface area (Å²) in [4.78, 5) is 33.5. The van der Waals surface area contributed by atoms with Crippen LogP contribution in [-0.2, 0) is 15.8 Å². The Labute approximate surface area is 245 Å². The van der Waals surface area contributed by atoms with Gasteiger partial charge < -0.3 is 25.0 Å². The van der Waals surface area contributed by atoms with Crippen molar-refractivity contribution in [3.05, 3.63) is 42.0 Å².